The van der Waals surface area contributed by atoms with E-state index in [2.05, 4.69) is 10.3 Å². The van der Waals surface area contributed by atoms with Crippen molar-refractivity contribution in [3.63, 3.8) is 0 Å². The number of thiazole rings is 1. The van der Waals surface area contributed by atoms with Crippen molar-refractivity contribution in [2.45, 2.75) is 25.8 Å². The molecule has 0 spiro atoms. The summed E-state index contributed by atoms with van der Waals surface area (Å²) in [4.78, 5) is 17.8. The zero-order valence-electron chi connectivity index (χ0n) is 10.6. The summed E-state index contributed by atoms with van der Waals surface area (Å²) in [5.74, 6) is 0.277. The van der Waals surface area contributed by atoms with Gasteiger partial charge < -0.3 is 5.32 Å². The molecule has 0 saturated heterocycles. The summed E-state index contributed by atoms with van der Waals surface area (Å²) >= 11 is 1.67. The van der Waals surface area contributed by atoms with Crippen LogP contribution in [0.25, 0.3) is 0 Å². The molecule has 0 radical (unpaired) electrons. The average Bonchev–Trinajstić information content (AvgIpc) is 2.93. The third kappa shape index (κ3) is 2.84. The number of hydrogen-bond donors (Lipinski definition) is 1. The first kappa shape index (κ1) is 12.4. The molecule has 4 heteroatoms. The molecule has 1 aromatic heterocycles. The molecule has 0 saturated carbocycles. The largest absolute Gasteiger partial charge is 0.352 e. The van der Waals surface area contributed by atoms with Crippen molar-refractivity contribution < 1.29 is 4.79 Å². The lowest BCUT2D eigenvalue weighted by Crippen LogP contribution is -2.33. The summed E-state index contributed by atoms with van der Waals surface area (Å²) in [6.07, 6.45) is 2.69. The molecule has 1 amide bonds. The van der Waals surface area contributed by atoms with E-state index in [1.807, 2.05) is 35.8 Å². The highest BCUT2D eigenvalue weighted by molar-refractivity contribution is 7.09. The molecule has 0 bridgehead atoms. The smallest absolute Gasteiger partial charge is 0.223 e. The number of aryl methyl sites for hydroxylation is 1. The van der Waals surface area contributed by atoms with Crippen LogP contribution in [0.3, 0.4) is 0 Å². The van der Waals surface area contributed by atoms with Crippen molar-refractivity contribution in [3.05, 3.63) is 52.0 Å². The highest BCUT2D eigenvalue weighted by atomic mass is 32.1. The van der Waals surface area contributed by atoms with Crippen LogP contribution in [0.15, 0.2) is 35.8 Å². The van der Waals surface area contributed by atoms with Crippen molar-refractivity contribution in [2.75, 3.05) is 0 Å². The first-order valence-electron chi connectivity index (χ1n) is 6.56. The number of rotatable bonds is 3. The number of aromatic nitrogens is 1. The van der Waals surface area contributed by atoms with Gasteiger partial charge in [-0.2, -0.15) is 0 Å². The number of hydrogen-bond acceptors (Lipinski definition) is 3. The van der Waals surface area contributed by atoms with E-state index in [9.17, 15) is 4.79 Å². The maximum absolute atomic E-state index is 12.2. The second kappa shape index (κ2) is 5.53. The van der Waals surface area contributed by atoms with Gasteiger partial charge in [-0.25, -0.2) is 4.98 Å². The fraction of sp³-hybridized carbons (Fsp3) is 0.333. The Labute approximate surface area is 116 Å². The summed E-state index contributed by atoms with van der Waals surface area (Å²) < 4.78 is 0. The zero-order valence-corrected chi connectivity index (χ0v) is 11.5. The first-order chi connectivity index (χ1) is 9.33. The number of carbonyl (C=O) groups is 1. The third-order valence-corrected chi connectivity index (χ3v) is 4.46. The molecular weight excluding hydrogens is 256 g/mol. The molecule has 3 nitrogen and oxygen atoms in total. The van der Waals surface area contributed by atoms with Crippen molar-refractivity contribution in [1.82, 2.24) is 10.3 Å². The predicted molar refractivity (Wildman–Crippen MR) is 75.9 cm³/mol. The van der Waals surface area contributed by atoms with Crippen molar-refractivity contribution in [2.24, 2.45) is 5.92 Å². The van der Waals surface area contributed by atoms with Gasteiger partial charge in [-0.3, -0.25) is 4.79 Å². The first-order valence-corrected chi connectivity index (χ1v) is 7.44. The summed E-state index contributed by atoms with van der Waals surface area (Å²) in [7, 11) is 0. The van der Waals surface area contributed by atoms with E-state index in [0.717, 1.165) is 24.8 Å². The normalized spacial score (nSPS) is 17.8. The summed E-state index contributed by atoms with van der Waals surface area (Å²) in [5.41, 5.74) is 4.22. The van der Waals surface area contributed by atoms with Crippen LogP contribution in [0, 0.1) is 5.92 Å². The highest BCUT2D eigenvalue weighted by Gasteiger charge is 2.25. The van der Waals surface area contributed by atoms with Crippen LogP contribution in [0.4, 0.5) is 0 Å². The monoisotopic (exact) mass is 272 g/mol. The van der Waals surface area contributed by atoms with Crippen LogP contribution in [0.2, 0.25) is 0 Å². The molecule has 98 valence electrons. The van der Waals surface area contributed by atoms with E-state index in [4.69, 9.17) is 0 Å². The molecule has 1 aliphatic carbocycles. The maximum atomic E-state index is 12.2. The number of fused-ring (bicyclic) bond motifs is 1. The minimum Gasteiger partial charge on any atom is -0.352 e. The van der Waals surface area contributed by atoms with Crippen LogP contribution in [0.5, 0.6) is 0 Å². The maximum Gasteiger partial charge on any atom is 0.223 e. The van der Waals surface area contributed by atoms with E-state index < -0.39 is 0 Å². The van der Waals surface area contributed by atoms with Crippen molar-refractivity contribution in [1.29, 1.82) is 0 Å². The Kier molecular flexibility index (Phi) is 3.60. The van der Waals surface area contributed by atoms with Gasteiger partial charge in [0.05, 0.1) is 11.2 Å². The van der Waals surface area contributed by atoms with Gasteiger partial charge in [-0.05, 0) is 24.8 Å². The van der Waals surface area contributed by atoms with Gasteiger partial charge in [0.15, 0.2) is 0 Å². The van der Waals surface area contributed by atoms with Crippen molar-refractivity contribution >= 4 is 17.2 Å². The highest BCUT2D eigenvalue weighted by Crippen LogP contribution is 2.27. The molecule has 3 rings (SSSR count). The minimum atomic E-state index is 0.108. The molecular formula is C15H16N2OS. The topological polar surface area (TPSA) is 42.0 Å². The van der Waals surface area contributed by atoms with E-state index in [1.165, 1.54) is 10.6 Å². The lowest BCUT2D eigenvalue weighted by Gasteiger charge is -2.20. The fourth-order valence-corrected chi connectivity index (χ4v) is 3.35. The van der Waals surface area contributed by atoms with Gasteiger partial charge in [-0.15, -0.1) is 11.3 Å². The number of amides is 1. The molecule has 0 aliphatic heterocycles. The van der Waals surface area contributed by atoms with E-state index in [0.29, 0.717) is 6.54 Å². The van der Waals surface area contributed by atoms with Crippen molar-refractivity contribution in [3.8, 4) is 0 Å². The van der Waals surface area contributed by atoms with Gasteiger partial charge in [0.2, 0.25) is 5.91 Å². The molecule has 19 heavy (non-hydrogen) atoms. The van der Waals surface area contributed by atoms with Crippen LogP contribution in [-0.2, 0) is 24.2 Å². The van der Waals surface area contributed by atoms with Gasteiger partial charge in [0.1, 0.15) is 0 Å². The van der Waals surface area contributed by atoms with Crippen LogP contribution >= 0.6 is 11.3 Å². The Balaban J connectivity index is 1.57. The van der Waals surface area contributed by atoms with Gasteiger partial charge in [-0.1, -0.05) is 30.3 Å². The molecule has 1 aromatic carbocycles. The Hall–Kier alpha value is -1.68. The minimum absolute atomic E-state index is 0.108. The van der Waals surface area contributed by atoms with Gasteiger partial charge >= 0.3 is 0 Å². The lowest BCUT2D eigenvalue weighted by atomic mass is 9.90. The summed E-state index contributed by atoms with van der Waals surface area (Å²) in [6, 6.07) is 10.0. The Morgan fingerprint density at radius 1 is 1.37 bits per heavy atom. The third-order valence-electron chi connectivity index (χ3n) is 3.57. The number of nitrogens with zero attached hydrogens (tertiary/aromatic N) is 1. The second-order valence-electron chi connectivity index (χ2n) is 4.87. The second-order valence-corrected chi connectivity index (χ2v) is 5.80. The van der Waals surface area contributed by atoms with E-state index in [-0.39, 0.29) is 11.8 Å². The Morgan fingerprint density at radius 2 is 2.21 bits per heavy atom. The standard InChI is InChI=1S/C15H16N2OS/c18-15(16-9-11-4-2-1-3-5-11)12-6-7-13-14(8-12)19-10-17-13/h1-5,10,12H,6-9H2,(H,16,18). The zero-order chi connectivity index (χ0) is 13.1. The predicted octanol–water partition coefficient (Wildman–Crippen LogP) is 2.56. The lowest BCUT2D eigenvalue weighted by molar-refractivity contribution is -0.125. The van der Waals surface area contributed by atoms with Gasteiger partial charge in [0.25, 0.3) is 0 Å². The molecule has 0 fully saturated rings. The van der Waals surface area contributed by atoms with E-state index in [1.54, 1.807) is 11.3 Å². The molecule has 1 atom stereocenters. The molecule has 1 heterocycles. The molecule has 1 unspecified atom stereocenters. The number of nitrogens with one attached hydrogen (secondary N) is 1. The van der Waals surface area contributed by atoms with Crippen LogP contribution in [-0.4, -0.2) is 10.9 Å². The fourth-order valence-electron chi connectivity index (χ4n) is 2.45. The van der Waals surface area contributed by atoms with Crippen LogP contribution in [0.1, 0.15) is 22.6 Å². The number of carbonyl (C=O) groups excluding carboxylic acids is 1. The number of benzene rings is 1. The van der Waals surface area contributed by atoms with Crippen LogP contribution < -0.4 is 5.32 Å². The molecule has 1 N–H and O–H groups in total. The average molecular weight is 272 g/mol. The molecule has 1 aliphatic rings. The van der Waals surface area contributed by atoms with E-state index >= 15 is 0 Å². The molecule has 2 aromatic rings. The quantitative estimate of drug-likeness (QED) is 0.933. The SMILES string of the molecule is O=C(NCc1ccccc1)C1CCc2ncsc2C1. The summed E-state index contributed by atoms with van der Waals surface area (Å²) in [5, 5.41) is 3.04. The Bertz CT molecular complexity index is 565. The van der Waals surface area contributed by atoms with Gasteiger partial charge in [0, 0.05) is 17.3 Å². The summed E-state index contributed by atoms with van der Waals surface area (Å²) in [6.45, 7) is 0.617. The Morgan fingerprint density at radius 3 is 3.05 bits per heavy atom.